The second-order valence-electron chi connectivity index (χ2n) is 3.95. The lowest BCUT2D eigenvalue weighted by Crippen LogP contribution is -2.07. The molecule has 90 valence electrons. The highest BCUT2D eigenvalue weighted by molar-refractivity contribution is 5.31. The summed E-state index contributed by atoms with van der Waals surface area (Å²) in [6.07, 6.45) is 1.58. The third kappa shape index (κ3) is 5.07. The number of allylic oxidation sites excluding steroid dienone is 1. The van der Waals surface area contributed by atoms with Gasteiger partial charge in [-0.05, 0) is 51.1 Å². The van der Waals surface area contributed by atoms with E-state index in [1.54, 1.807) is 19.1 Å². The lowest BCUT2D eigenvalue weighted by atomic mass is 10.3. The number of hydrogen-bond acceptors (Lipinski definition) is 3. The second kappa shape index (κ2) is 6.59. The maximum Gasteiger partial charge on any atom is 0.181 e. The van der Waals surface area contributed by atoms with Gasteiger partial charge in [-0.1, -0.05) is 5.57 Å². The van der Waals surface area contributed by atoms with Crippen LogP contribution in [0.1, 0.15) is 20.8 Å². The van der Waals surface area contributed by atoms with Crippen LogP contribution in [0.4, 0.5) is 0 Å². The molecule has 0 fully saturated rings. The molecule has 1 atom stereocenters. The quantitative estimate of drug-likeness (QED) is 0.730. The van der Waals surface area contributed by atoms with Crippen molar-refractivity contribution in [3.63, 3.8) is 0 Å². The number of nitrogens with zero attached hydrogens (tertiary/aromatic N) is 1. The molecule has 17 heavy (non-hydrogen) atoms. The molecule has 1 unspecified atom stereocenters. The highest BCUT2D eigenvalue weighted by atomic mass is 16.5. The molecule has 0 saturated heterocycles. The van der Waals surface area contributed by atoms with Gasteiger partial charge in [-0.15, -0.1) is 0 Å². The first-order valence-electron chi connectivity index (χ1n) is 5.54. The minimum Gasteiger partial charge on any atom is -0.490 e. The van der Waals surface area contributed by atoms with E-state index in [0.29, 0.717) is 12.4 Å². The standard InChI is InChI=1S/C14H17NO2/c1-11(2)8-9-16-13-4-6-14(7-5-13)17-12(3)10-15/h4-8,12H,9H2,1-3H3. The van der Waals surface area contributed by atoms with Crippen LogP contribution in [0.2, 0.25) is 0 Å². The molecule has 1 rings (SSSR count). The number of ether oxygens (including phenoxy) is 2. The average molecular weight is 231 g/mol. The highest BCUT2D eigenvalue weighted by Crippen LogP contribution is 2.18. The van der Waals surface area contributed by atoms with Gasteiger partial charge < -0.3 is 9.47 Å². The lowest BCUT2D eigenvalue weighted by Gasteiger charge is -2.08. The van der Waals surface area contributed by atoms with E-state index < -0.39 is 6.10 Å². The summed E-state index contributed by atoms with van der Waals surface area (Å²) in [6.45, 7) is 6.34. The normalized spacial score (nSPS) is 11.2. The molecule has 0 heterocycles. The summed E-state index contributed by atoms with van der Waals surface area (Å²) in [5, 5.41) is 8.61. The predicted octanol–water partition coefficient (Wildman–Crippen LogP) is 3.32. The molecule has 0 saturated carbocycles. The summed E-state index contributed by atoms with van der Waals surface area (Å²) in [6, 6.07) is 9.27. The summed E-state index contributed by atoms with van der Waals surface area (Å²) in [5.41, 5.74) is 1.23. The molecule has 1 aromatic carbocycles. The third-order valence-corrected chi connectivity index (χ3v) is 2.06. The molecule has 0 aliphatic heterocycles. The molecular weight excluding hydrogens is 214 g/mol. The summed E-state index contributed by atoms with van der Waals surface area (Å²) in [7, 11) is 0. The Morgan fingerprint density at radius 3 is 2.41 bits per heavy atom. The fraction of sp³-hybridized carbons (Fsp3) is 0.357. The van der Waals surface area contributed by atoms with Crippen molar-refractivity contribution in [1.29, 1.82) is 5.26 Å². The fourth-order valence-electron chi connectivity index (χ4n) is 1.15. The molecular formula is C14H17NO2. The minimum atomic E-state index is -0.438. The Balaban J connectivity index is 2.51. The molecule has 1 aromatic rings. The third-order valence-electron chi connectivity index (χ3n) is 2.06. The van der Waals surface area contributed by atoms with Crippen molar-refractivity contribution < 1.29 is 9.47 Å². The zero-order chi connectivity index (χ0) is 12.7. The van der Waals surface area contributed by atoms with Crippen LogP contribution in [0.25, 0.3) is 0 Å². The molecule has 3 heteroatoms. The topological polar surface area (TPSA) is 42.2 Å². The molecule has 0 aliphatic rings. The minimum absolute atomic E-state index is 0.438. The van der Waals surface area contributed by atoms with Crippen LogP contribution in [-0.4, -0.2) is 12.7 Å². The van der Waals surface area contributed by atoms with Gasteiger partial charge in [0.05, 0.1) is 0 Å². The van der Waals surface area contributed by atoms with Gasteiger partial charge in [0.2, 0.25) is 0 Å². The van der Waals surface area contributed by atoms with Crippen LogP contribution in [0.15, 0.2) is 35.9 Å². The van der Waals surface area contributed by atoms with Crippen molar-refractivity contribution in [3.8, 4) is 17.6 Å². The van der Waals surface area contributed by atoms with Gasteiger partial charge in [0, 0.05) is 0 Å². The summed E-state index contributed by atoms with van der Waals surface area (Å²) < 4.78 is 10.8. The zero-order valence-corrected chi connectivity index (χ0v) is 10.4. The van der Waals surface area contributed by atoms with Gasteiger partial charge in [-0.2, -0.15) is 5.26 Å². The molecule has 0 aliphatic carbocycles. The van der Waals surface area contributed by atoms with Crippen molar-refractivity contribution in [2.24, 2.45) is 0 Å². The van der Waals surface area contributed by atoms with Crippen molar-refractivity contribution in [3.05, 3.63) is 35.9 Å². The van der Waals surface area contributed by atoms with E-state index in [9.17, 15) is 0 Å². The molecule has 0 spiro atoms. The van der Waals surface area contributed by atoms with Gasteiger partial charge in [0.1, 0.15) is 24.2 Å². The van der Waals surface area contributed by atoms with Crippen LogP contribution in [0, 0.1) is 11.3 Å². The fourth-order valence-corrected chi connectivity index (χ4v) is 1.15. The maximum atomic E-state index is 8.61. The summed E-state index contributed by atoms with van der Waals surface area (Å²) >= 11 is 0. The zero-order valence-electron chi connectivity index (χ0n) is 10.4. The van der Waals surface area contributed by atoms with Crippen molar-refractivity contribution >= 4 is 0 Å². The predicted molar refractivity (Wildman–Crippen MR) is 67.1 cm³/mol. The SMILES string of the molecule is CC(C)=CCOc1ccc(OC(C)C#N)cc1. The van der Waals surface area contributed by atoms with E-state index in [2.05, 4.69) is 0 Å². The number of hydrogen-bond donors (Lipinski definition) is 0. The molecule has 3 nitrogen and oxygen atoms in total. The molecule has 0 bridgehead atoms. The monoisotopic (exact) mass is 231 g/mol. The van der Waals surface area contributed by atoms with Gasteiger partial charge in [-0.25, -0.2) is 0 Å². The van der Waals surface area contributed by atoms with Crippen LogP contribution in [0.5, 0.6) is 11.5 Å². The Hall–Kier alpha value is -1.95. The Kier molecular flexibility index (Phi) is 5.09. The van der Waals surface area contributed by atoms with Crippen molar-refractivity contribution in [2.75, 3.05) is 6.61 Å². The first kappa shape index (κ1) is 13.1. The lowest BCUT2D eigenvalue weighted by molar-refractivity contribution is 0.275. The number of benzene rings is 1. The van der Waals surface area contributed by atoms with Gasteiger partial charge >= 0.3 is 0 Å². The van der Waals surface area contributed by atoms with E-state index in [4.69, 9.17) is 14.7 Å². The van der Waals surface area contributed by atoms with E-state index in [-0.39, 0.29) is 0 Å². The average Bonchev–Trinajstić information content (AvgIpc) is 2.31. The van der Waals surface area contributed by atoms with E-state index in [0.717, 1.165) is 5.75 Å². The van der Waals surface area contributed by atoms with E-state index in [1.165, 1.54) is 5.57 Å². The van der Waals surface area contributed by atoms with E-state index >= 15 is 0 Å². The smallest absolute Gasteiger partial charge is 0.181 e. The number of rotatable bonds is 5. The Labute approximate surface area is 102 Å². The van der Waals surface area contributed by atoms with Crippen LogP contribution in [0.3, 0.4) is 0 Å². The van der Waals surface area contributed by atoms with Gasteiger partial charge in [-0.3, -0.25) is 0 Å². The van der Waals surface area contributed by atoms with E-state index in [1.807, 2.05) is 38.1 Å². The van der Waals surface area contributed by atoms with Crippen molar-refractivity contribution in [2.45, 2.75) is 26.9 Å². The van der Waals surface area contributed by atoms with Gasteiger partial charge in [0.25, 0.3) is 0 Å². The first-order valence-corrected chi connectivity index (χ1v) is 5.54. The van der Waals surface area contributed by atoms with Crippen LogP contribution >= 0.6 is 0 Å². The molecule has 0 aromatic heterocycles. The second-order valence-corrected chi connectivity index (χ2v) is 3.95. The Morgan fingerprint density at radius 2 is 1.88 bits per heavy atom. The highest BCUT2D eigenvalue weighted by Gasteiger charge is 2.01. The van der Waals surface area contributed by atoms with Crippen molar-refractivity contribution in [1.82, 2.24) is 0 Å². The maximum absolute atomic E-state index is 8.61. The number of nitriles is 1. The molecule has 0 N–H and O–H groups in total. The first-order chi connectivity index (χ1) is 8.11. The summed E-state index contributed by atoms with van der Waals surface area (Å²) in [4.78, 5) is 0. The largest absolute Gasteiger partial charge is 0.490 e. The summed E-state index contributed by atoms with van der Waals surface area (Å²) in [5.74, 6) is 1.47. The van der Waals surface area contributed by atoms with Crippen LogP contribution < -0.4 is 9.47 Å². The molecule has 0 amide bonds. The Bertz CT molecular complexity index is 411. The Morgan fingerprint density at radius 1 is 1.29 bits per heavy atom. The van der Waals surface area contributed by atoms with Crippen LogP contribution in [-0.2, 0) is 0 Å². The molecule has 0 radical (unpaired) electrons. The van der Waals surface area contributed by atoms with Gasteiger partial charge in [0.15, 0.2) is 6.10 Å².